The Kier molecular flexibility index (Phi) is 5.30. The van der Waals surface area contributed by atoms with E-state index in [1.54, 1.807) is 22.9 Å². The molecule has 27 heavy (non-hydrogen) atoms. The van der Waals surface area contributed by atoms with E-state index in [1.165, 1.54) is 31.6 Å². The van der Waals surface area contributed by atoms with Crippen molar-refractivity contribution in [3.8, 4) is 11.6 Å². The normalized spacial score (nSPS) is 10.7. The summed E-state index contributed by atoms with van der Waals surface area (Å²) in [5.41, 5.74) is 6.97. The number of amides is 1. The number of halogens is 1. The lowest BCUT2D eigenvalue weighted by molar-refractivity contribution is 0.0961. The van der Waals surface area contributed by atoms with Gasteiger partial charge in [0.1, 0.15) is 5.82 Å². The van der Waals surface area contributed by atoms with E-state index >= 15 is 0 Å². The molecule has 0 aliphatic carbocycles. The Morgan fingerprint density at radius 3 is 2.63 bits per heavy atom. The molecule has 0 unspecified atom stereocenters. The molecular formula is C18H19FN6O2. The zero-order chi connectivity index (χ0) is 19.4. The number of hydrogen-bond donors (Lipinski definition) is 2. The van der Waals surface area contributed by atoms with Crippen LogP contribution in [0.1, 0.15) is 35.8 Å². The van der Waals surface area contributed by atoms with Crippen molar-refractivity contribution < 1.29 is 13.9 Å². The van der Waals surface area contributed by atoms with Crippen molar-refractivity contribution in [3.05, 3.63) is 59.8 Å². The number of rotatable bonds is 6. The molecule has 8 nitrogen and oxygen atoms in total. The van der Waals surface area contributed by atoms with Gasteiger partial charge in [-0.25, -0.2) is 14.1 Å². The molecule has 0 fully saturated rings. The minimum atomic E-state index is -0.390. The third-order valence-corrected chi connectivity index (χ3v) is 3.80. The van der Waals surface area contributed by atoms with Crippen molar-refractivity contribution in [3.63, 3.8) is 0 Å². The second-order valence-corrected chi connectivity index (χ2v) is 5.99. The van der Waals surface area contributed by atoms with Crippen molar-refractivity contribution in [1.82, 2.24) is 25.2 Å². The summed E-state index contributed by atoms with van der Waals surface area (Å²) in [6.45, 7) is 3.90. The summed E-state index contributed by atoms with van der Waals surface area (Å²) in [6.07, 6.45) is 2.98. The van der Waals surface area contributed by atoms with Crippen molar-refractivity contribution in [2.75, 3.05) is 12.5 Å². The third kappa shape index (κ3) is 4.02. The van der Waals surface area contributed by atoms with E-state index in [-0.39, 0.29) is 17.7 Å². The molecule has 0 bridgehead atoms. The quantitative estimate of drug-likeness (QED) is 0.648. The zero-order valence-corrected chi connectivity index (χ0v) is 15.1. The number of aromatic nitrogens is 4. The first-order chi connectivity index (χ1) is 13.0. The zero-order valence-electron chi connectivity index (χ0n) is 15.1. The number of carbonyl (C=O) groups is 1. The fourth-order valence-electron chi connectivity index (χ4n) is 2.57. The van der Waals surface area contributed by atoms with Crippen LogP contribution in [0.25, 0.3) is 5.69 Å². The van der Waals surface area contributed by atoms with Gasteiger partial charge < -0.3 is 4.74 Å². The highest BCUT2D eigenvalue weighted by Gasteiger charge is 2.21. The molecule has 0 saturated heterocycles. The fourth-order valence-corrected chi connectivity index (χ4v) is 2.57. The van der Waals surface area contributed by atoms with Gasteiger partial charge in [0.05, 0.1) is 30.3 Å². The smallest absolute Gasteiger partial charge is 0.273 e. The third-order valence-electron chi connectivity index (χ3n) is 3.80. The molecule has 3 rings (SSSR count). The van der Waals surface area contributed by atoms with Gasteiger partial charge in [-0.3, -0.25) is 15.6 Å². The Hall–Kier alpha value is -3.49. The predicted octanol–water partition coefficient (Wildman–Crippen LogP) is 2.69. The number of ether oxygens (including phenoxy) is 1. The molecule has 9 heteroatoms. The monoisotopic (exact) mass is 370 g/mol. The lowest BCUT2D eigenvalue weighted by Gasteiger charge is -2.13. The van der Waals surface area contributed by atoms with Gasteiger partial charge in [-0.05, 0) is 30.2 Å². The molecule has 1 aromatic carbocycles. The topological polar surface area (TPSA) is 94.0 Å². The number of hydrogen-bond acceptors (Lipinski definition) is 6. The van der Waals surface area contributed by atoms with Crippen LogP contribution < -0.4 is 15.6 Å². The van der Waals surface area contributed by atoms with E-state index in [0.717, 1.165) is 0 Å². The average molecular weight is 370 g/mol. The SMILES string of the molecule is COc1ccnc(NNC(=O)c2cnn(-c3ccc(F)cc3)c2C(C)C)n1. The molecule has 1 amide bonds. The van der Waals surface area contributed by atoms with E-state index < -0.39 is 5.91 Å². The first kappa shape index (κ1) is 18.3. The summed E-state index contributed by atoms with van der Waals surface area (Å²) in [4.78, 5) is 20.7. The van der Waals surface area contributed by atoms with Gasteiger partial charge in [0.2, 0.25) is 11.8 Å². The number of carbonyl (C=O) groups excluding carboxylic acids is 1. The Morgan fingerprint density at radius 1 is 1.22 bits per heavy atom. The summed E-state index contributed by atoms with van der Waals surface area (Å²) >= 11 is 0. The largest absolute Gasteiger partial charge is 0.481 e. The summed E-state index contributed by atoms with van der Waals surface area (Å²) in [5.74, 6) is -0.157. The van der Waals surface area contributed by atoms with Crippen LogP contribution >= 0.6 is 0 Å². The molecule has 0 saturated carbocycles. The van der Waals surface area contributed by atoms with Crippen molar-refractivity contribution in [2.24, 2.45) is 0 Å². The first-order valence-electron chi connectivity index (χ1n) is 8.27. The molecule has 0 aliphatic rings. The van der Waals surface area contributed by atoms with Gasteiger partial charge in [0.25, 0.3) is 5.91 Å². The Labute approximate surface area is 155 Å². The minimum Gasteiger partial charge on any atom is -0.481 e. The molecule has 140 valence electrons. The minimum absolute atomic E-state index is 0.00590. The number of hydrazine groups is 1. The maximum absolute atomic E-state index is 13.2. The maximum Gasteiger partial charge on any atom is 0.273 e. The highest BCUT2D eigenvalue weighted by molar-refractivity contribution is 5.96. The van der Waals surface area contributed by atoms with Gasteiger partial charge in [-0.1, -0.05) is 13.8 Å². The van der Waals surface area contributed by atoms with E-state index in [9.17, 15) is 9.18 Å². The molecule has 0 radical (unpaired) electrons. The lowest BCUT2D eigenvalue weighted by Crippen LogP contribution is -2.31. The summed E-state index contributed by atoms with van der Waals surface area (Å²) < 4.78 is 19.8. The van der Waals surface area contributed by atoms with Gasteiger partial charge in [-0.2, -0.15) is 10.1 Å². The first-order valence-corrected chi connectivity index (χ1v) is 8.27. The van der Waals surface area contributed by atoms with Crippen molar-refractivity contribution >= 4 is 11.9 Å². The number of nitrogens with one attached hydrogen (secondary N) is 2. The Bertz CT molecular complexity index is 939. The number of nitrogens with zero attached hydrogens (tertiary/aromatic N) is 4. The van der Waals surface area contributed by atoms with Crippen LogP contribution in [0.5, 0.6) is 5.88 Å². The molecule has 0 atom stereocenters. The standard InChI is InChI=1S/C18H19FN6O2/c1-11(2)16-14(10-21-25(16)13-6-4-12(19)5-7-13)17(26)23-24-18-20-9-8-15(22-18)27-3/h4-11H,1-3H3,(H,23,26)(H,20,22,24). The summed E-state index contributed by atoms with van der Waals surface area (Å²) in [6, 6.07) is 7.51. The van der Waals surface area contributed by atoms with Crippen LogP contribution in [-0.4, -0.2) is 32.8 Å². The van der Waals surface area contributed by atoms with Crippen LogP contribution in [0.2, 0.25) is 0 Å². The van der Waals surface area contributed by atoms with E-state index in [2.05, 4.69) is 25.9 Å². The van der Waals surface area contributed by atoms with Gasteiger partial charge in [0, 0.05) is 12.3 Å². The second kappa shape index (κ2) is 7.81. The number of benzene rings is 1. The molecule has 0 spiro atoms. The number of methoxy groups -OCH3 is 1. The Balaban J connectivity index is 1.83. The van der Waals surface area contributed by atoms with E-state index in [0.29, 0.717) is 22.8 Å². The highest BCUT2D eigenvalue weighted by atomic mass is 19.1. The molecule has 2 N–H and O–H groups in total. The molecule has 2 aromatic heterocycles. The van der Waals surface area contributed by atoms with Crippen molar-refractivity contribution in [1.29, 1.82) is 0 Å². The van der Waals surface area contributed by atoms with Crippen LogP contribution in [0, 0.1) is 5.82 Å². The van der Waals surface area contributed by atoms with Gasteiger partial charge in [0.15, 0.2) is 0 Å². The number of anilines is 1. The van der Waals surface area contributed by atoms with E-state index in [1.807, 2.05) is 13.8 Å². The summed E-state index contributed by atoms with van der Waals surface area (Å²) in [7, 11) is 1.49. The Morgan fingerprint density at radius 2 is 1.96 bits per heavy atom. The summed E-state index contributed by atoms with van der Waals surface area (Å²) in [5, 5.41) is 4.30. The predicted molar refractivity (Wildman–Crippen MR) is 97.3 cm³/mol. The maximum atomic E-state index is 13.2. The average Bonchev–Trinajstić information content (AvgIpc) is 3.12. The van der Waals surface area contributed by atoms with Crippen molar-refractivity contribution in [2.45, 2.75) is 19.8 Å². The lowest BCUT2D eigenvalue weighted by atomic mass is 10.1. The molecular weight excluding hydrogens is 351 g/mol. The van der Waals surface area contributed by atoms with Crippen LogP contribution in [0.4, 0.5) is 10.3 Å². The van der Waals surface area contributed by atoms with Crippen LogP contribution in [0.3, 0.4) is 0 Å². The van der Waals surface area contributed by atoms with Gasteiger partial charge >= 0.3 is 0 Å². The highest BCUT2D eigenvalue weighted by Crippen LogP contribution is 2.23. The van der Waals surface area contributed by atoms with Crippen LogP contribution in [0.15, 0.2) is 42.7 Å². The van der Waals surface area contributed by atoms with E-state index in [4.69, 9.17) is 4.74 Å². The molecule has 3 aromatic rings. The molecule has 2 heterocycles. The van der Waals surface area contributed by atoms with Crippen LogP contribution in [-0.2, 0) is 0 Å². The van der Waals surface area contributed by atoms with Gasteiger partial charge in [-0.15, -0.1) is 0 Å². The second-order valence-electron chi connectivity index (χ2n) is 5.99. The fraction of sp³-hybridized carbons (Fsp3) is 0.222. The molecule has 0 aliphatic heterocycles.